The summed E-state index contributed by atoms with van der Waals surface area (Å²) in [7, 11) is -4.35. The lowest BCUT2D eigenvalue weighted by atomic mass is 10.0. The van der Waals surface area contributed by atoms with Gasteiger partial charge in [0.15, 0.2) is 0 Å². The lowest BCUT2D eigenvalue weighted by Gasteiger charge is -2.26. The van der Waals surface area contributed by atoms with Crippen molar-refractivity contribution in [2.75, 3.05) is 17.5 Å². The number of carbonyl (C=O) groups excluding carboxylic acids is 1. The molecule has 1 aliphatic rings. The van der Waals surface area contributed by atoms with Crippen molar-refractivity contribution in [2.24, 2.45) is 0 Å². The van der Waals surface area contributed by atoms with Crippen LogP contribution < -0.4 is 14.4 Å². The molecule has 2 N–H and O–H groups in total. The third kappa shape index (κ3) is 7.07. The second kappa shape index (κ2) is 12.8. The van der Waals surface area contributed by atoms with Gasteiger partial charge in [-0.15, -0.1) is 0 Å². The maximum atomic E-state index is 14.0. The second-order valence-electron chi connectivity index (χ2n) is 10.2. The molecule has 4 aromatic carbocycles. The van der Waals surface area contributed by atoms with Gasteiger partial charge in [-0.2, -0.15) is 13.2 Å². The van der Waals surface area contributed by atoms with Crippen LogP contribution in [0.5, 0.6) is 5.75 Å². The van der Waals surface area contributed by atoms with Crippen molar-refractivity contribution >= 4 is 39.2 Å². The number of alkyl halides is 3. The number of nitrogens with one attached hydrogen (secondary N) is 1. The summed E-state index contributed by atoms with van der Waals surface area (Å²) in [5.74, 6) is -1.03. The predicted octanol–water partition coefficient (Wildman–Crippen LogP) is 5.97. The molecular weight excluding hydrogens is 633 g/mol. The van der Waals surface area contributed by atoms with Gasteiger partial charge in [0.05, 0.1) is 29.1 Å². The molecule has 0 radical (unpaired) electrons. The van der Waals surface area contributed by atoms with E-state index in [9.17, 15) is 31.2 Å². The Morgan fingerprint density at radius 1 is 0.978 bits per heavy atom. The molecule has 234 valence electrons. The number of carboxylic acids is 1. The highest BCUT2D eigenvalue weighted by atomic mass is 35.5. The predicted molar refractivity (Wildman–Crippen MR) is 162 cm³/mol. The molecule has 0 saturated carbocycles. The number of benzene rings is 4. The van der Waals surface area contributed by atoms with Crippen molar-refractivity contribution in [1.82, 2.24) is 5.32 Å². The summed E-state index contributed by atoms with van der Waals surface area (Å²) in [5.41, 5.74) is 1.10. The summed E-state index contributed by atoms with van der Waals surface area (Å²) in [4.78, 5) is 23.9. The molecule has 45 heavy (non-hydrogen) atoms. The molecule has 1 atom stereocenters. The largest absolute Gasteiger partial charge is 0.492 e. The van der Waals surface area contributed by atoms with Gasteiger partial charge in [0.2, 0.25) is 5.91 Å². The van der Waals surface area contributed by atoms with E-state index in [1.807, 2.05) is 0 Å². The number of ether oxygens (including phenoxy) is 1. The minimum atomic E-state index is -4.56. The highest BCUT2D eigenvalue weighted by Crippen LogP contribution is 2.39. The van der Waals surface area contributed by atoms with Crippen LogP contribution in [0.2, 0.25) is 5.02 Å². The summed E-state index contributed by atoms with van der Waals surface area (Å²) in [5, 5.41) is 11.5. The van der Waals surface area contributed by atoms with E-state index in [0.29, 0.717) is 22.6 Å². The van der Waals surface area contributed by atoms with Crippen LogP contribution >= 0.6 is 11.6 Å². The molecule has 1 amide bonds. The first-order chi connectivity index (χ1) is 21.3. The number of halogens is 4. The van der Waals surface area contributed by atoms with E-state index in [0.717, 1.165) is 22.5 Å². The third-order valence-corrected chi connectivity index (χ3v) is 9.31. The van der Waals surface area contributed by atoms with Crippen LogP contribution in [0.15, 0.2) is 95.9 Å². The zero-order valence-electron chi connectivity index (χ0n) is 23.4. The molecule has 0 bridgehead atoms. The van der Waals surface area contributed by atoms with E-state index < -0.39 is 39.7 Å². The van der Waals surface area contributed by atoms with Crippen molar-refractivity contribution in [3.63, 3.8) is 0 Å². The summed E-state index contributed by atoms with van der Waals surface area (Å²) in [6, 6.07) is 20.4. The number of amides is 1. The Kier molecular flexibility index (Phi) is 9.08. The highest BCUT2D eigenvalue weighted by molar-refractivity contribution is 7.93. The fraction of sp³-hybridized carbons (Fsp3) is 0.188. The molecule has 0 aromatic heterocycles. The maximum Gasteiger partial charge on any atom is 0.416 e. The number of carboxylic acid groups (broad SMARTS) is 1. The smallest absolute Gasteiger partial charge is 0.416 e. The first kappa shape index (κ1) is 31.9. The van der Waals surface area contributed by atoms with E-state index in [1.165, 1.54) is 24.3 Å². The Balaban J connectivity index is 1.33. The van der Waals surface area contributed by atoms with E-state index in [1.54, 1.807) is 48.5 Å². The van der Waals surface area contributed by atoms with Crippen molar-refractivity contribution in [3.05, 3.63) is 113 Å². The molecule has 0 spiro atoms. The quantitative estimate of drug-likeness (QED) is 0.203. The first-order valence-electron chi connectivity index (χ1n) is 13.7. The van der Waals surface area contributed by atoms with E-state index >= 15 is 0 Å². The number of nitrogens with zero attached hydrogens (tertiary/aromatic N) is 1. The third-order valence-electron chi connectivity index (χ3n) is 7.18. The normalized spacial score (nSPS) is 14.6. The van der Waals surface area contributed by atoms with E-state index in [2.05, 4.69) is 5.32 Å². The molecule has 4 aromatic rings. The molecule has 0 saturated heterocycles. The monoisotopic (exact) mass is 658 g/mol. The number of hydrogen-bond donors (Lipinski definition) is 2. The number of sulfonamides is 1. The van der Waals surface area contributed by atoms with Gasteiger partial charge >= 0.3 is 12.1 Å². The van der Waals surface area contributed by atoms with Crippen LogP contribution in [0.4, 0.5) is 18.9 Å². The number of para-hydroxylation sites is 1. The average molecular weight is 659 g/mol. The molecule has 0 aliphatic carbocycles. The van der Waals surface area contributed by atoms with Gasteiger partial charge in [-0.25, -0.2) is 8.42 Å². The Labute approximate surface area is 262 Å². The molecule has 5 rings (SSSR count). The van der Waals surface area contributed by atoms with Gasteiger partial charge in [-0.05, 0) is 59.2 Å². The van der Waals surface area contributed by atoms with Crippen LogP contribution in [0, 0.1) is 0 Å². The van der Waals surface area contributed by atoms with E-state index in [4.69, 9.17) is 21.4 Å². The number of carbonyl (C=O) groups is 2. The van der Waals surface area contributed by atoms with Gasteiger partial charge in [0, 0.05) is 17.0 Å². The summed E-state index contributed by atoms with van der Waals surface area (Å²) < 4.78 is 74.4. The fourth-order valence-electron chi connectivity index (χ4n) is 5.06. The standard InChI is InChI=1S/C32H26ClF3N2O6S/c33-27-19-25(12-13-26(27)21-5-3-6-23(17-21)32(34,35)36)45(42,43)38-28-7-2-1-4-22(28)18-29(38)31(41)37-14-15-44-24-10-8-20(9-11-24)16-30(39)40/h1-13,17,19,29H,14-16,18H2,(H,37,41)(H,39,40)/t29-/m0/s1. The molecular formula is C32H26ClF3N2O6S. The van der Waals surface area contributed by atoms with Gasteiger partial charge in [-0.1, -0.05) is 60.1 Å². The van der Waals surface area contributed by atoms with Crippen LogP contribution in [0.1, 0.15) is 16.7 Å². The van der Waals surface area contributed by atoms with Crippen molar-refractivity contribution < 1.29 is 41.0 Å². The Bertz CT molecular complexity index is 1850. The second-order valence-corrected chi connectivity index (χ2v) is 12.4. The highest BCUT2D eigenvalue weighted by Gasteiger charge is 2.42. The average Bonchev–Trinajstić information content (AvgIpc) is 3.40. The molecule has 8 nitrogen and oxygen atoms in total. The number of rotatable bonds is 10. The summed E-state index contributed by atoms with van der Waals surface area (Å²) >= 11 is 6.42. The first-order valence-corrected chi connectivity index (χ1v) is 15.5. The number of aliphatic carboxylic acids is 1. The topological polar surface area (TPSA) is 113 Å². The SMILES string of the molecule is O=C(O)Cc1ccc(OCCNC(=O)[C@@H]2Cc3ccccc3N2S(=O)(=O)c2ccc(-c3cccc(C(F)(F)F)c3)c(Cl)c2)cc1. The van der Waals surface area contributed by atoms with Crippen molar-refractivity contribution in [2.45, 2.75) is 30.0 Å². The number of hydrogen-bond acceptors (Lipinski definition) is 5. The molecule has 13 heteroatoms. The summed E-state index contributed by atoms with van der Waals surface area (Å²) in [6.45, 7) is 0.136. The zero-order valence-corrected chi connectivity index (χ0v) is 25.0. The van der Waals surface area contributed by atoms with Crippen molar-refractivity contribution in [3.8, 4) is 16.9 Å². The van der Waals surface area contributed by atoms with Crippen LogP contribution in [-0.4, -0.2) is 44.6 Å². The van der Waals surface area contributed by atoms with Gasteiger partial charge < -0.3 is 15.2 Å². The molecule has 0 unspecified atom stereocenters. The van der Waals surface area contributed by atoms with Crippen LogP contribution in [0.25, 0.3) is 11.1 Å². The lowest BCUT2D eigenvalue weighted by molar-refractivity contribution is -0.138. The minimum absolute atomic E-state index is 0.0635. The maximum absolute atomic E-state index is 14.0. The molecule has 0 fully saturated rings. The Morgan fingerprint density at radius 3 is 2.40 bits per heavy atom. The van der Waals surface area contributed by atoms with Crippen molar-refractivity contribution in [1.29, 1.82) is 0 Å². The number of fused-ring (bicyclic) bond motifs is 1. The molecule has 1 heterocycles. The van der Waals surface area contributed by atoms with E-state index in [-0.39, 0.29) is 47.0 Å². The van der Waals surface area contributed by atoms with Crippen LogP contribution in [-0.2, 0) is 38.6 Å². The number of anilines is 1. The lowest BCUT2D eigenvalue weighted by Crippen LogP contribution is -2.48. The van der Waals surface area contributed by atoms with Gasteiger partial charge in [0.1, 0.15) is 18.4 Å². The Hall–Kier alpha value is -4.55. The minimum Gasteiger partial charge on any atom is -0.492 e. The van der Waals surface area contributed by atoms with Crippen LogP contribution in [0.3, 0.4) is 0 Å². The zero-order chi connectivity index (χ0) is 32.4. The fourth-order valence-corrected chi connectivity index (χ4v) is 7.09. The van der Waals surface area contributed by atoms with Gasteiger partial charge in [-0.3, -0.25) is 13.9 Å². The van der Waals surface area contributed by atoms with Gasteiger partial charge in [0.25, 0.3) is 10.0 Å². The Morgan fingerprint density at radius 2 is 1.71 bits per heavy atom. The molecule has 1 aliphatic heterocycles. The summed E-state index contributed by atoms with van der Waals surface area (Å²) in [6.07, 6.45) is -4.57.